The van der Waals surface area contributed by atoms with Gasteiger partial charge in [-0.05, 0) is 31.7 Å². The van der Waals surface area contributed by atoms with Crippen molar-refractivity contribution in [1.82, 2.24) is 9.78 Å². The van der Waals surface area contributed by atoms with Crippen molar-refractivity contribution in [2.45, 2.75) is 19.9 Å². The minimum Gasteiger partial charge on any atom is -0.330 e. The van der Waals surface area contributed by atoms with E-state index < -0.39 is 0 Å². The van der Waals surface area contributed by atoms with Crippen molar-refractivity contribution < 1.29 is 4.39 Å². The van der Waals surface area contributed by atoms with Crippen molar-refractivity contribution in [3.05, 3.63) is 41.8 Å². The van der Waals surface area contributed by atoms with Gasteiger partial charge < -0.3 is 5.73 Å². The molecule has 2 N–H and O–H groups in total. The van der Waals surface area contributed by atoms with Crippen LogP contribution in [0.5, 0.6) is 0 Å². The lowest BCUT2D eigenvalue weighted by Crippen LogP contribution is -2.04. The fourth-order valence-corrected chi connectivity index (χ4v) is 1.87. The molecule has 0 aliphatic rings. The van der Waals surface area contributed by atoms with Gasteiger partial charge in [-0.25, -0.2) is 4.39 Å². The summed E-state index contributed by atoms with van der Waals surface area (Å²) in [6.45, 7) is 3.26. The molecule has 0 radical (unpaired) electrons. The molecular weight excluding hydrogens is 217 g/mol. The Morgan fingerprint density at radius 1 is 1.35 bits per heavy atom. The molecule has 3 nitrogen and oxygen atoms in total. The van der Waals surface area contributed by atoms with E-state index in [4.69, 9.17) is 5.73 Å². The van der Waals surface area contributed by atoms with Crippen molar-refractivity contribution >= 4 is 0 Å². The standard InChI is InChI=1S/C13H16FN3/c1-2-17-13(9-10(16-17)7-8-15)11-5-3-4-6-12(11)14/h3-6,9H,2,7-8,15H2,1H3. The normalized spacial score (nSPS) is 10.8. The van der Waals surface area contributed by atoms with Crippen LogP contribution in [-0.2, 0) is 13.0 Å². The molecule has 0 unspecified atom stereocenters. The third kappa shape index (κ3) is 2.36. The zero-order chi connectivity index (χ0) is 12.3. The highest BCUT2D eigenvalue weighted by Crippen LogP contribution is 2.23. The van der Waals surface area contributed by atoms with Crippen LogP contribution in [0.1, 0.15) is 12.6 Å². The van der Waals surface area contributed by atoms with Gasteiger partial charge in [0.15, 0.2) is 0 Å². The summed E-state index contributed by atoms with van der Waals surface area (Å²) in [5.41, 5.74) is 7.82. The number of benzene rings is 1. The first-order valence-electron chi connectivity index (χ1n) is 5.78. The Bertz CT molecular complexity index is 505. The first-order valence-corrected chi connectivity index (χ1v) is 5.78. The molecule has 4 heteroatoms. The number of aryl methyl sites for hydroxylation is 1. The van der Waals surface area contributed by atoms with Crippen molar-refractivity contribution in [2.24, 2.45) is 5.73 Å². The maximum absolute atomic E-state index is 13.7. The van der Waals surface area contributed by atoms with E-state index in [1.807, 2.05) is 23.7 Å². The topological polar surface area (TPSA) is 43.8 Å². The first kappa shape index (κ1) is 11.8. The van der Waals surface area contributed by atoms with Crippen LogP contribution in [0.4, 0.5) is 4.39 Å². The quantitative estimate of drug-likeness (QED) is 0.879. The Morgan fingerprint density at radius 2 is 2.12 bits per heavy atom. The van der Waals surface area contributed by atoms with Crippen LogP contribution in [0.2, 0.25) is 0 Å². The molecule has 0 aliphatic heterocycles. The lowest BCUT2D eigenvalue weighted by atomic mass is 10.1. The number of halogens is 1. The van der Waals surface area contributed by atoms with Crippen LogP contribution in [0, 0.1) is 5.82 Å². The molecule has 0 spiro atoms. The van der Waals surface area contributed by atoms with Crippen LogP contribution >= 0.6 is 0 Å². The number of nitrogens with two attached hydrogens (primary N) is 1. The lowest BCUT2D eigenvalue weighted by molar-refractivity contribution is 0.619. The number of aromatic nitrogens is 2. The summed E-state index contributed by atoms with van der Waals surface area (Å²) in [4.78, 5) is 0. The molecule has 1 aromatic heterocycles. The van der Waals surface area contributed by atoms with Crippen molar-refractivity contribution in [3.63, 3.8) is 0 Å². The molecule has 0 aliphatic carbocycles. The average Bonchev–Trinajstić information content (AvgIpc) is 2.73. The van der Waals surface area contributed by atoms with E-state index in [1.54, 1.807) is 12.1 Å². The van der Waals surface area contributed by atoms with Crippen LogP contribution < -0.4 is 5.73 Å². The van der Waals surface area contributed by atoms with E-state index >= 15 is 0 Å². The third-order valence-corrected chi connectivity index (χ3v) is 2.68. The molecule has 17 heavy (non-hydrogen) atoms. The molecule has 0 fully saturated rings. The maximum atomic E-state index is 13.7. The zero-order valence-electron chi connectivity index (χ0n) is 9.86. The summed E-state index contributed by atoms with van der Waals surface area (Å²) >= 11 is 0. The molecule has 0 saturated carbocycles. The Kier molecular flexibility index (Phi) is 3.54. The molecule has 90 valence electrons. The predicted octanol–water partition coefficient (Wildman–Crippen LogP) is 2.21. The second kappa shape index (κ2) is 5.10. The number of rotatable bonds is 4. The Balaban J connectivity index is 2.47. The van der Waals surface area contributed by atoms with Gasteiger partial charge in [-0.15, -0.1) is 0 Å². The van der Waals surface area contributed by atoms with Crippen LogP contribution in [0.15, 0.2) is 30.3 Å². The molecule has 1 heterocycles. The largest absolute Gasteiger partial charge is 0.330 e. The van der Waals surface area contributed by atoms with E-state index in [0.29, 0.717) is 25.1 Å². The number of hydrogen-bond donors (Lipinski definition) is 1. The van der Waals surface area contributed by atoms with Gasteiger partial charge in [0.05, 0.1) is 11.4 Å². The highest BCUT2D eigenvalue weighted by atomic mass is 19.1. The van der Waals surface area contributed by atoms with Crippen molar-refractivity contribution in [2.75, 3.05) is 6.54 Å². The van der Waals surface area contributed by atoms with Gasteiger partial charge in [0.2, 0.25) is 0 Å². The molecule has 0 amide bonds. The number of hydrogen-bond acceptors (Lipinski definition) is 2. The summed E-state index contributed by atoms with van der Waals surface area (Å²) in [6, 6.07) is 8.66. The minimum atomic E-state index is -0.221. The average molecular weight is 233 g/mol. The van der Waals surface area contributed by atoms with E-state index in [2.05, 4.69) is 5.10 Å². The zero-order valence-corrected chi connectivity index (χ0v) is 9.86. The van der Waals surface area contributed by atoms with Crippen LogP contribution in [0.3, 0.4) is 0 Å². The van der Waals surface area contributed by atoms with Crippen molar-refractivity contribution in [3.8, 4) is 11.3 Å². The van der Waals surface area contributed by atoms with E-state index in [0.717, 1.165) is 11.4 Å². The van der Waals surface area contributed by atoms with Gasteiger partial charge in [0.25, 0.3) is 0 Å². The molecule has 2 aromatic rings. The van der Waals surface area contributed by atoms with Gasteiger partial charge in [-0.1, -0.05) is 12.1 Å². The van der Waals surface area contributed by atoms with Gasteiger partial charge in [-0.3, -0.25) is 4.68 Å². The molecule has 0 atom stereocenters. The molecule has 0 saturated heterocycles. The summed E-state index contributed by atoms with van der Waals surface area (Å²) in [7, 11) is 0. The second-order valence-corrected chi connectivity index (χ2v) is 3.86. The van der Waals surface area contributed by atoms with Gasteiger partial charge in [-0.2, -0.15) is 5.10 Å². The van der Waals surface area contributed by atoms with E-state index in [1.165, 1.54) is 6.07 Å². The SMILES string of the molecule is CCn1nc(CCN)cc1-c1ccccc1F. The summed E-state index contributed by atoms with van der Waals surface area (Å²) in [5, 5.41) is 4.41. The highest BCUT2D eigenvalue weighted by Gasteiger charge is 2.11. The second-order valence-electron chi connectivity index (χ2n) is 3.86. The lowest BCUT2D eigenvalue weighted by Gasteiger charge is -2.05. The van der Waals surface area contributed by atoms with E-state index in [9.17, 15) is 4.39 Å². The van der Waals surface area contributed by atoms with Crippen molar-refractivity contribution in [1.29, 1.82) is 0 Å². The molecule has 1 aromatic carbocycles. The predicted molar refractivity (Wildman–Crippen MR) is 66.1 cm³/mol. The molecular formula is C13H16FN3. The highest BCUT2D eigenvalue weighted by molar-refractivity contribution is 5.60. The summed E-state index contributed by atoms with van der Waals surface area (Å²) in [6.07, 6.45) is 0.717. The van der Waals surface area contributed by atoms with Crippen LogP contribution in [0.25, 0.3) is 11.3 Å². The molecule has 2 rings (SSSR count). The Hall–Kier alpha value is -1.68. The minimum absolute atomic E-state index is 0.221. The molecule has 0 bridgehead atoms. The van der Waals surface area contributed by atoms with Gasteiger partial charge in [0, 0.05) is 18.5 Å². The van der Waals surface area contributed by atoms with Crippen LogP contribution in [-0.4, -0.2) is 16.3 Å². The monoisotopic (exact) mass is 233 g/mol. The first-order chi connectivity index (χ1) is 8.26. The fourth-order valence-electron chi connectivity index (χ4n) is 1.87. The maximum Gasteiger partial charge on any atom is 0.132 e. The third-order valence-electron chi connectivity index (χ3n) is 2.68. The number of nitrogens with zero attached hydrogens (tertiary/aromatic N) is 2. The fraction of sp³-hybridized carbons (Fsp3) is 0.308. The summed E-state index contributed by atoms with van der Waals surface area (Å²) in [5.74, 6) is -0.221. The smallest absolute Gasteiger partial charge is 0.132 e. The summed E-state index contributed by atoms with van der Waals surface area (Å²) < 4.78 is 15.5. The van der Waals surface area contributed by atoms with E-state index in [-0.39, 0.29) is 5.82 Å². The Labute approximate surface area is 100 Å². The van der Waals surface area contributed by atoms with Gasteiger partial charge in [0.1, 0.15) is 5.82 Å². The Morgan fingerprint density at radius 3 is 2.76 bits per heavy atom. The van der Waals surface area contributed by atoms with Gasteiger partial charge >= 0.3 is 0 Å².